The van der Waals surface area contributed by atoms with Crippen molar-refractivity contribution in [1.29, 1.82) is 0 Å². The molecule has 1 amide bonds. The standard InChI is InChI=1S/C20H25F3N4O2/c1-19(2,3)29-18(28)24-10-13-9-16-17(11-25-26(16)4)27(12-13)15-7-5-14(6-8-15)20(21,22)23/h5-8,11,13H,9-10,12H2,1-4H3,(H,24,28). The van der Waals surface area contributed by atoms with Gasteiger partial charge in [-0.25, -0.2) is 4.79 Å². The molecule has 29 heavy (non-hydrogen) atoms. The molecule has 1 aliphatic heterocycles. The summed E-state index contributed by atoms with van der Waals surface area (Å²) < 4.78 is 45.7. The molecule has 3 rings (SSSR count). The van der Waals surface area contributed by atoms with E-state index in [0.29, 0.717) is 25.2 Å². The molecule has 1 unspecified atom stereocenters. The summed E-state index contributed by atoms with van der Waals surface area (Å²) in [6.07, 6.45) is -2.46. The van der Waals surface area contributed by atoms with Crippen molar-refractivity contribution in [2.24, 2.45) is 13.0 Å². The Bertz CT molecular complexity index is 869. The maximum absolute atomic E-state index is 12.9. The summed E-state index contributed by atoms with van der Waals surface area (Å²) in [5.41, 5.74) is 1.20. The number of benzene rings is 1. The fourth-order valence-electron chi connectivity index (χ4n) is 3.36. The van der Waals surface area contributed by atoms with Crippen molar-refractivity contribution >= 4 is 17.5 Å². The predicted molar refractivity (Wildman–Crippen MR) is 103 cm³/mol. The number of halogens is 3. The van der Waals surface area contributed by atoms with Gasteiger partial charge in [0.1, 0.15) is 5.60 Å². The molecule has 0 fully saturated rings. The van der Waals surface area contributed by atoms with E-state index in [2.05, 4.69) is 10.4 Å². The van der Waals surface area contributed by atoms with Gasteiger partial charge in [0.05, 0.1) is 23.1 Å². The molecule has 6 nitrogen and oxygen atoms in total. The third kappa shape index (κ3) is 5.02. The van der Waals surface area contributed by atoms with Crippen molar-refractivity contribution in [3.8, 4) is 0 Å². The van der Waals surface area contributed by atoms with Crippen molar-refractivity contribution in [3.05, 3.63) is 41.7 Å². The first-order valence-corrected chi connectivity index (χ1v) is 9.36. The van der Waals surface area contributed by atoms with E-state index in [1.807, 2.05) is 11.9 Å². The van der Waals surface area contributed by atoms with Crippen LogP contribution in [0.1, 0.15) is 32.0 Å². The summed E-state index contributed by atoms with van der Waals surface area (Å²) in [5.74, 6) is 0.0488. The summed E-state index contributed by atoms with van der Waals surface area (Å²) in [5, 5.41) is 7.08. The van der Waals surface area contributed by atoms with Crippen LogP contribution in [0.2, 0.25) is 0 Å². The number of rotatable bonds is 3. The second kappa shape index (κ2) is 7.61. The second-order valence-corrected chi connectivity index (χ2v) is 8.21. The van der Waals surface area contributed by atoms with Crippen LogP contribution < -0.4 is 10.2 Å². The smallest absolute Gasteiger partial charge is 0.416 e. The molecule has 1 N–H and O–H groups in total. The van der Waals surface area contributed by atoms with Gasteiger partial charge in [-0.3, -0.25) is 4.68 Å². The van der Waals surface area contributed by atoms with Crippen LogP contribution in [-0.2, 0) is 24.4 Å². The Hall–Kier alpha value is -2.71. The Kier molecular flexibility index (Phi) is 5.51. The molecule has 0 spiro atoms. The molecule has 0 radical (unpaired) electrons. The van der Waals surface area contributed by atoms with E-state index < -0.39 is 23.4 Å². The highest BCUT2D eigenvalue weighted by Crippen LogP contribution is 2.37. The molecule has 1 aliphatic rings. The lowest BCUT2D eigenvalue weighted by molar-refractivity contribution is -0.137. The number of ether oxygens (including phenoxy) is 1. The molecule has 2 heterocycles. The number of alkyl halides is 3. The number of anilines is 2. The molecule has 0 saturated heterocycles. The number of amides is 1. The van der Waals surface area contributed by atoms with Crippen molar-refractivity contribution in [2.45, 2.75) is 39.0 Å². The number of nitrogens with zero attached hydrogens (tertiary/aromatic N) is 3. The van der Waals surface area contributed by atoms with E-state index in [1.54, 1.807) is 31.6 Å². The molecular formula is C20H25F3N4O2. The van der Waals surface area contributed by atoms with Crippen LogP contribution in [0.3, 0.4) is 0 Å². The Morgan fingerprint density at radius 3 is 2.48 bits per heavy atom. The lowest BCUT2D eigenvalue weighted by Crippen LogP contribution is -2.41. The lowest BCUT2D eigenvalue weighted by atomic mass is 9.96. The number of carbonyl (C=O) groups is 1. The van der Waals surface area contributed by atoms with Gasteiger partial charge in [-0.05, 0) is 57.4 Å². The molecule has 158 valence electrons. The average Bonchev–Trinajstić information content (AvgIpc) is 2.98. The number of nitrogens with one attached hydrogen (secondary N) is 1. The van der Waals surface area contributed by atoms with Crippen LogP contribution in [0.25, 0.3) is 0 Å². The topological polar surface area (TPSA) is 59.4 Å². The van der Waals surface area contributed by atoms with E-state index in [9.17, 15) is 18.0 Å². The van der Waals surface area contributed by atoms with Crippen molar-refractivity contribution < 1.29 is 22.7 Å². The number of aromatic nitrogens is 2. The van der Waals surface area contributed by atoms with Gasteiger partial charge in [0, 0.05) is 25.8 Å². The van der Waals surface area contributed by atoms with Crippen molar-refractivity contribution in [3.63, 3.8) is 0 Å². The maximum atomic E-state index is 12.9. The summed E-state index contributed by atoms with van der Waals surface area (Å²) in [6.45, 7) is 6.31. The van der Waals surface area contributed by atoms with Crippen LogP contribution in [0.15, 0.2) is 30.5 Å². The predicted octanol–water partition coefficient (Wildman–Crippen LogP) is 4.27. The second-order valence-electron chi connectivity index (χ2n) is 8.21. The molecule has 1 aromatic carbocycles. The molecule has 2 aromatic rings. The first-order valence-electron chi connectivity index (χ1n) is 9.36. The largest absolute Gasteiger partial charge is 0.444 e. The van der Waals surface area contributed by atoms with E-state index >= 15 is 0 Å². The number of fused-ring (bicyclic) bond motifs is 1. The Balaban J connectivity index is 1.78. The highest BCUT2D eigenvalue weighted by Gasteiger charge is 2.32. The molecule has 0 saturated carbocycles. The number of hydrogen-bond acceptors (Lipinski definition) is 4. The van der Waals surface area contributed by atoms with Crippen LogP contribution in [0.4, 0.5) is 29.3 Å². The summed E-state index contributed by atoms with van der Waals surface area (Å²) >= 11 is 0. The van der Waals surface area contributed by atoms with Crippen LogP contribution in [-0.4, -0.2) is 34.6 Å². The van der Waals surface area contributed by atoms with Crippen molar-refractivity contribution in [2.75, 3.05) is 18.0 Å². The molecule has 1 atom stereocenters. The summed E-state index contributed by atoms with van der Waals surface area (Å²) in [7, 11) is 1.83. The van der Waals surface area contributed by atoms with Gasteiger partial charge < -0.3 is 15.0 Å². The Labute approximate surface area is 167 Å². The molecule has 0 aliphatic carbocycles. The van der Waals surface area contributed by atoms with E-state index in [0.717, 1.165) is 23.5 Å². The normalized spacial score (nSPS) is 17.1. The zero-order chi connectivity index (χ0) is 21.4. The highest BCUT2D eigenvalue weighted by atomic mass is 19.4. The quantitative estimate of drug-likeness (QED) is 0.821. The molecular weight excluding hydrogens is 385 g/mol. The minimum atomic E-state index is -4.38. The number of carbonyl (C=O) groups excluding carboxylic acids is 1. The summed E-state index contributed by atoms with van der Waals surface area (Å²) in [4.78, 5) is 13.9. The fraction of sp³-hybridized carbons (Fsp3) is 0.500. The average molecular weight is 410 g/mol. The zero-order valence-electron chi connectivity index (χ0n) is 16.9. The van der Waals surface area contributed by atoms with E-state index in [4.69, 9.17) is 4.74 Å². The van der Waals surface area contributed by atoms with Gasteiger partial charge in [0.2, 0.25) is 0 Å². The molecule has 1 aromatic heterocycles. The van der Waals surface area contributed by atoms with E-state index in [-0.39, 0.29) is 5.92 Å². The van der Waals surface area contributed by atoms with Gasteiger partial charge in [0.15, 0.2) is 0 Å². The van der Waals surface area contributed by atoms with E-state index in [1.165, 1.54) is 12.1 Å². The number of aryl methyl sites for hydroxylation is 1. The van der Waals surface area contributed by atoms with Gasteiger partial charge in [-0.15, -0.1) is 0 Å². The van der Waals surface area contributed by atoms with Crippen LogP contribution in [0.5, 0.6) is 0 Å². The van der Waals surface area contributed by atoms with Gasteiger partial charge >= 0.3 is 12.3 Å². The fourth-order valence-corrected chi connectivity index (χ4v) is 3.36. The molecule has 0 bridgehead atoms. The minimum absolute atomic E-state index is 0.0488. The monoisotopic (exact) mass is 410 g/mol. The minimum Gasteiger partial charge on any atom is -0.444 e. The highest BCUT2D eigenvalue weighted by molar-refractivity contribution is 5.68. The van der Waals surface area contributed by atoms with Gasteiger partial charge in [0.25, 0.3) is 0 Å². The van der Waals surface area contributed by atoms with Gasteiger partial charge in [-0.2, -0.15) is 18.3 Å². The van der Waals surface area contributed by atoms with Crippen LogP contribution in [0, 0.1) is 5.92 Å². The SMILES string of the molecule is Cn1ncc2c1CC(CNC(=O)OC(C)(C)C)CN2c1ccc(C(F)(F)F)cc1. The van der Waals surface area contributed by atoms with Crippen molar-refractivity contribution in [1.82, 2.24) is 15.1 Å². The first kappa shape index (κ1) is 21.0. The number of alkyl carbamates (subject to hydrolysis) is 1. The Morgan fingerprint density at radius 1 is 1.24 bits per heavy atom. The maximum Gasteiger partial charge on any atom is 0.416 e. The number of hydrogen-bond donors (Lipinski definition) is 1. The van der Waals surface area contributed by atoms with Crippen LogP contribution >= 0.6 is 0 Å². The Morgan fingerprint density at radius 2 is 1.90 bits per heavy atom. The zero-order valence-corrected chi connectivity index (χ0v) is 16.9. The summed E-state index contributed by atoms with van der Waals surface area (Å²) in [6, 6.07) is 5.08. The lowest BCUT2D eigenvalue weighted by Gasteiger charge is -2.34. The van der Waals surface area contributed by atoms with Gasteiger partial charge in [-0.1, -0.05) is 0 Å². The third-order valence-corrected chi connectivity index (χ3v) is 4.69. The third-order valence-electron chi connectivity index (χ3n) is 4.69. The first-order chi connectivity index (χ1) is 13.4. The molecule has 9 heteroatoms.